The normalized spacial score (nSPS) is 33.3. The molecule has 4 nitrogen and oxygen atoms in total. The van der Waals surface area contributed by atoms with Crippen LogP contribution in [0.2, 0.25) is 0 Å². The number of carbonyl (C=O) groups is 1. The lowest BCUT2D eigenvalue weighted by atomic mass is 9.79. The maximum Gasteiger partial charge on any atom is 0.315 e. The number of urea groups is 1. The van der Waals surface area contributed by atoms with Crippen molar-refractivity contribution in [3.8, 4) is 5.75 Å². The van der Waals surface area contributed by atoms with Crippen molar-refractivity contribution in [2.45, 2.75) is 44.6 Å². The Labute approximate surface area is 144 Å². The highest BCUT2D eigenvalue weighted by Gasteiger charge is 2.53. The fourth-order valence-electron chi connectivity index (χ4n) is 5.57. The summed E-state index contributed by atoms with van der Waals surface area (Å²) >= 11 is 0. The second-order valence-corrected chi connectivity index (χ2v) is 7.76. The summed E-state index contributed by atoms with van der Waals surface area (Å²) < 4.78 is 5.16. The number of fused-ring (bicyclic) bond motifs is 5. The van der Waals surface area contributed by atoms with Crippen molar-refractivity contribution in [3.63, 3.8) is 0 Å². The molecule has 0 radical (unpaired) electrons. The minimum absolute atomic E-state index is 0.00982. The van der Waals surface area contributed by atoms with Crippen LogP contribution in [0, 0.1) is 23.7 Å². The van der Waals surface area contributed by atoms with Crippen molar-refractivity contribution in [1.29, 1.82) is 0 Å². The van der Waals surface area contributed by atoms with E-state index >= 15 is 0 Å². The van der Waals surface area contributed by atoms with E-state index in [1.807, 2.05) is 12.1 Å². The zero-order valence-electron chi connectivity index (χ0n) is 14.5. The van der Waals surface area contributed by atoms with Crippen LogP contribution in [0.1, 0.15) is 37.7 Å². The van der Waals surface area contributed by atoms with Gasteiger partial charge in [0.1, 0.15) is 5.75 Å². The van der Waals surface area contributed by atoms with Crippen LogP contribution in [0.5, 0.6) is 5.75 Å². The molecule has 0 aliphatic heterocycles. The molecule has 1 aromatic carbocycles. The Hall–Kier alpha value is -1.71. The van der Waals surface area contributed by atoms with Gasteiger partial charge in [-0.05, 0) is 73.5 Å². The molecule has 2 amide bonds. The molecule has 4 heteroatoms. The highest BCUT2D eigenvalue weighted by Crippen LogP contribution is 2.58. The van der Waals surface area contributed by atoms with E-state index in [2.05, 4.69) is 22.8 Å². The molecule has 4 rings (SSSR count). The van der Waals surface area contributed by atoms with Crippen molar-refractivity contribution >= 4 is 6.03 Å². The third-order valence-corrected chi connectivity index (χ3v) is 6.60. The van der Waals surface area contributed by atoms with E-state index in [1.165, 1.54) is 37.7 Å². The van der Waals surface area contributed by atoms with E-state index in [0.717, 1.165) is 35.8 Å². The van der Waals surface area contributed by atoms with Gasteiger partial charge in [-0.3, -0.25) is 0 Å². The average molecular weight is 328 g/mol. The summed E-state index contributed by atoms with van der Waals surface area (Å²) in [5.41, 5.74) is 1.21. The molecule has 0 aromatic heterocycles. The lowest BCUT2D eigenvalue weighted by molar-refractivity contribution is 0.198. The molecule has 24 heavy (non-hydrogen) atoms. The molecular formula is C20H28N2O2. The van der Waals surface area contributed by atoms with E-state index < -0.39 is 0 Å². The van der Waals surface area contributed by atoms with Crippen LogP contribution in [-0.2, 0) is 6.42 Å². The molecule has 130 valence electrons. The molecular weight excluding hydrogens is 300 g/mol. The smallest absolute Gasteiger partial charge is 0.315 e. The molecule has 3 saturated carbocycles. The van der Waals surface area contributed by atoms with Gasteiger partial charge in [0.25, 0.3) is 0 Å². The average Bonchev–Trinajstić information content (AvgIpc) is 3.28. The lowest BCUT2D eigenvalue weighted by Gasteiger charge is -2.32. The van der Waals surface area contributed by atoms with E-state index in [0.29, 0.717) is 12.6 Å². The molecule has 0 heterocycles. The number of amides is 2. The third kappa shape index (κ3) is 2.99. The quantitative estimate of drug-likeness (QED) is 0.871. The number of hydrogen-bond acceptors (Lipinski definition) is 2. The summed E-state index contributed by atoms with van der Waals surface area (Å²) in [4.78, 5) is 12.2. The van der Waals surface area contributed by atoms with Gasteiger partial charge in [0, 0.05) is 12.6 Å². The van der Waals surface area contributed by atoms with E-state index in [4.69, 9.17) is 4.74 Å². The van der Waals surface area contributed by atoms with E-state index in [1.54, 1.807) is 7.11 Å². The zero-order valence-corrected chi connectivity index (χ0v) is 14.5. The fourth-order valence-corrected chi connectivity index (χ4v) is 5.57. The Morgan fingerprint density at radius 3 is 2.71 bits per heavy atom. The minimum Gasteiger partial charge on any atom is -0.497 e. The van der Waals surface area contributed by atoms with Crippen molar-refractivity contribution < 1.29 is 9.53 Å². The first-order chi connectivity index (χ1) is 11.7. The lowest BCUT2D eigenvalue weighted by Crippen LogP contribution is -2.47. The summed E-state index contributed by atoms with van der Waals surface area (Å²) in [6.07, 6.45) is 7.64. The van der Waals surface area contributed by atoms with E-state index in [-0.39, 0.29) is 6.03 Å². The molecule has 2 N–H and O–H groups in total. The SMILES string of the molecule is COc1ccc(CCNC(=O)N[C@@H]2C[C@H]3C[C@H]2[C@@H]2CCC[C@H]32)cc1. The Bertz CT molecular complexity index is 586. The number of methoxy groups -OCH3 is 1. The van der Waals surface area contributed by atoms with Crippen LogP contribution in [-0.4, -0.2) is 25.7 Å². The summed E-state index contributed by atoms with van der Waals surface area (Å²) in [6, 6.07) is 8.44. The number of hydrogen-bond donors (Lipinski definition) is 2. The largest absolute Gasteiger partial charge is 0.497 e. The molecule has 3 fully saturated rings. The molecule has 0 spiro atoms. The third-order valence-electron chi connectivity index (χ3n) is 6.60. The van der Waals surface area contributed by atoms with Crippen molar-refractivity contribution in [1.82, 2.24) is 10.6 Å². The van der Waals surface area contributed by atoms with Crippen molar-refractivity contribution in [2.75, 3.05) is 13.7 Å². The van der Waals surface area contributed by atoms with Crippen LogP contribution < -0.4 is 15.4 Å². The van der Waals surface area contributed by atoms with Gasteiger partial charge in [-0.2, -0.15) is 0 Å². The van der Waals surface area contributed by atoms with Crippen LogP contribution in [0.4, 0.5) is 4.79 Å². The van der Waals surface area contributed by atoms with Gasteiger partial charge in [-0.25, -0.2) is 4.79 Å². The maximum atomic E-state index is 12.2. The van der Waals surface area contributed by atoms with Crippen LogP contribution in [0.25, 0.3) is 0 Å². The summed E-state index contributed by atoms with van der Waals surface area (Å²) in [7, 11) is 1.67. The number of benzene rings is 1. The maximum absolute atomic E-state index is 12.2. The summed E-state index contributed by atoms with van der Waals surface area (Å²) in [5, 5.41) is 6.28. The number of nitrogens with one attached hydrogen (secondary N) is 2. The second-order valence-electron chi connectivity index (χ2n) is 7.76. The topological polar surface area (TPSA) is 50.4 Å². The molecule has 2 bridgehead atoms. The number of rotatable bonds is 5. The Morgan fingerprint density at radius 2 is 1.92 bits per heavy atom. The highest BCUT2D eigenvalue weighted by molar-refractivity contribution is 5.74. The Kier molecular flexibility index (Phi) is 4.38. The van der Waals surface area contributed by atoms with Crippen molar-refractivity contribution in [3.05, 3.63) is 29.8 Å². The summed E-state index contributed by atoms with van der Waals surface area (Å²) in [5.74, 6) is 4.37. The fraction of sp³-hybridized carbons (Fsp3) is 0.650. The Morgan fingerprint density at radius 1 is 1.12 bits per heavy atom. The molecule has 3 aliphatic carbocycles. The van der Waals surface area contributed by atoms with Gasteiger partial charge in [-0.15, -0.1) is 0 Å². The van der Waals surface area contributed by atoms with Gasteiger partial charge in [0.05, 0.1) is 7.11 Å². The first kappa shape index (κ1) is 15.8. The zero-order chi connectivity index (χ0) is 16.5. The molecule has 1 aromatic rings. The summed E-state index contributed by atoms with van der Waals surface area (Å²) in [6.45, 7) is 0.672. The first-order valence-electron chi connectivity index (χ1n) is 9.42. The molecule has 3 aliphatic rings. The molecule has 0 unspecified atom stereocenters. The molecule has 5 atom stereocenters. The number of ether oxygens (including phenoxy) is 1. The first-order valence-corrected chi connectivity index (χ1v) is 9.42. The van der Waals surface area contributed by atoms with Gasteiger partial charge < -0.3 is 15.4 Å². The predicted octanol–water partition coefficient (Wildman–Crippen LogP) is 3.36. The van der Waals surface area contributed by atoms with Crippen LogP contribution in [0.3, 0.4) is 0 Å². The van der Waals surface area contributed by atoms with Crippen molar-refractivity contribution in [2.24, 2.45) is 23.7 Å². The minimum atomic E-state index is 0.00982. The highest BCUT2D eigenvalue weighted by atomic mass is 16.5. The van der Waals surface area contributed by atoms with Crippen LogP contribution >= 0.6 is 0 Å². The van der Waals surface area contributed by atoms with Gasteiger partial charge in [-0.1, -0.05) is 18.6 Å². The second kappa shape index (κ2) is 6.66. The standard InChI is InChI=1S/C20H28N2O2/c1-24-15-7-5-13(6-8-15)9-10-21-20(23)22-19-12-14-11-18(19)17-4-2-3-16(14)17/h5-8,14,16-19H,2-4,9-12H2,1H3,(H2,21,22,23)/t14-,16-,17-,18+,19-/m1/s1. The monoisotopic (exact) mass is 328 g/mol. The predicted molar refractivity (Wildman–Crippen MR) is 94.1 cm³/mol. The van der Waals surface area contributed by atoms with Gasteiger partial charge >= 0.3 is 6.03 Å². The Balaban J connectivity index is 1.21. The number of carbonyl (C=O) groups excluding carboxylic acids is 1. The van der Waals surface area contributed by atoms with E-state index in [9.17, 15) is 4.79 Å². The van der Waals surface area contributed by atoms with Gasteiger partial charge in [0.15, 0.2) is 0 Å². The molecule has 0 saturated heterocycles. The van der Waals surface area contributed by atoms with Crippen LogP contribution in [0.15, 0.2) is 24.3 Å². The van der Waals surface area contributed by atoms with Gasteiger partial charge in [0.2, 0.25) is 0 Å².